The molecule has 9 heteroatoms. The molecule has 3 rings (SSSR count). The van der Waals surface area contributed by atoms with Crippen LogP contribution < -0.4 is 4.90 Å². The van der Waals surface area contributed by atoms with E-state index < -0.39 is 17.4 Å². The molecule has 0 amide bonds. The third-order valence-electron chi connectivity index (χ3n) is 4.75. The predicted octanol–water partition coefficient (Wildman–Crippen LogP) is 4.05. The van der Waals surface area contributed by atoms with Crippen LogP contribution in [-0.4, -0.2) is 27.9 Å². The minimum atomic E-state index is -4.73. The average Bonchev–Trinajstić information content (AvgIpc) is 2.92. The first kappa shape index (κ1) is 18.5. The van der Waals surface area contributed by atoms with Crippen molar-refractivity contribution in [3.8, 4) is 6.07 Å². The minimum Gasteiger partial charge on any atom is -0.370 e. The molecule has 5 nitrogen and oxygen atoms in total. The number of anilines is 1. The summed E-state index contributed by atoms with van der Waals surface area (Å²) >= 11 is 5.80. The standard InChI is InChI=1S/C17H17ClF3N5/c1-10-9-23-25(2)15(10)11-3-5-26(6-4-11)13-7-14(18)24-16(12(13)8-22)17(19,20)21/h7,9,11H,3-6H2,1-2H3. The first-order valence-electron chi connectivity index (χ1n) is 8.13. The van der Waals surface area contributed by atoms with Gasteiger partial charge in [-0.3, -0.25) is 4.68 Å². The molecule has 0 atom stereocenters. The highest BCUT2D eigenvalue weighted by atomic mass is 35.5. The lowest BCUT2D eigenvalue weighted by Crippen LogP contribution is -2.34. The van der Waals surface area contributed by atoms with Gasteiger partial charge >= 0.3 is 6.18 Å². The molecule has 0 radical (unpaired) electrons. The monoisotopic (exact) mass is 383 g/mol. The normalized spacial score (nSPS) is 16.0. The first-order chi connectivity index (χ1) is 12.2. The number of alkyl halides is 3. The van der Waals surface area contributed by atoms with E-state index in [9.17, 15) is 18.4 Å². The summed E-state index contributed by atoms with van der Waals surface area (Å²) in [6.07, 6.45) is -1.40. The molecule has 26 heavy (non-hydrogen) atoms. The largest absolute Gasteiger partial charge is 0.434 e. The number of hydrogen-bond donors (Lipinski definition) is 0. The molecule has 1 aliphatic rings. The van der Waals surface area contributed by atoms with Gasteiger partial charge in [0, 0.05) is 37.8 Å². The van der Waals surface area contributed by atoms with E-state index in [0.717, 1.165) is 24.1 Å². The number of aryl methyl sites for hydroxylation is 2. The average molecular weight is 384 g/mol. The van der Waals surface area contributed by atoms with E-state index in [0.29, 0.717) is 13.1 Å². The quantitative estimate of drug-likeness (QED) is 0.734. The molecule has 0 unspecified atom stereocenters. The van der Waals surface area contributed by atoms with Gasteiger partial charge < -0.3 is 4.90 Å². The summed E-state index contributed by atoms with van der Waals surface area (Å²) < 4.78 is 41.4. The number of nitrogens with zero attached hydrogens (tertiary/aromatic N) is 5. The second-order valence-electron chi connectivity index (χ2n) is 6.40. The highest BCUT2D eigenvalue weighted by molar-refractivity contribution is 6.29. The topological polar surface area (TPSA) is 57.7 Å². The molecule has 0 aliphatic carbocycles. The van der Waals surface area contributed by atoms with E-state index in [1.165, 1.54) is 6.07 Å². The van der Waals surface area contributed by atoms with Gasteiger partial charge in [-0.05, 0) is 25.3 Å². The Bertz CT molecular complexity index is 841. The Kier molecular flexibility index (Phi) is 4.84. The molecular formula is C17H17ClF3N5. The van der Waals surface area contributed by atoms with Crippen molar-refractivity contribution in [1.29, 1.82) is 5.26 Å². The van der Waals surface area contributed by atoms with Crippen LogP contribution in [0, 0.1) is 18.3 Å². The molecule has 138 valence electrons. The zero-order valence-electron chi connectivity index (χ0n) is 14.3. The van der Waals surface area contributed by atoms with Crippen molar-refractivity contribution in [3.05, 3.63) is 39.9 Å². The fraction of sp³-hybridized carbons (Fsp3) is 0.471. The summed E-state index contributed by atoms with van der Waals surface area (Å²) in [5.41, 5.74) is 0.744. The molecule has 0 aromatic carbocycles. The van der Waals surface area contributed by atoms with Crippen molar-refractivity contribution in [2.45, 2.75) is 31.9 Å². The minimum absolute atomic E-state index is 0.194. The molecule has 2 aromatic heterocycles. The van der Waals surface area contributed by atoms with Crippen molar-refractivity contribution in [1.82, 2.24) is 14.8 Å². The second-order valence-corrected chi connectivity index (χ2v) is 6.78. The van der Waals surface area contributed by atoms with Gasteiger partial charge in [0.1, 0.15) is 16.8 Å². The van der Waals surface area contributed by atoms with Crippen LogP contribution in [0.15, 0.2) is 12.3 Å². The van der Waals surface area contributed by atoms with E-state index in [-0.39, 0.29) is 16.8 Å². The molecular weight excluding hydrogens is 367 g/mol. The summed E-state index contributed by atoms with van der Waals surface area (Å²) in [5.74, 6) is 0.281. The Morgan fingerprint density at radius 3 is 2.46 bits per heavy atom. The van der Waals surface area contributed by atoms with E-state index in [1.807, 2.05) is 24.9 Å². The summed E-state index contributed by atoms with van der Waals surface area (Å²) in [7, 11) is 1.89. The molecule has 1 saturated heterocycles. The van der Waals surface area contributed by atoms with Gasteiger partial charge in [0.25, 0.3) is 0 Å². The number of pyridine rings is 1. The summed E-state index contributed by atoms with van der Waals surface area (Å²) in [4.78, 5) is 5.11. The van der Waals surface area contributed by atoms with Gasteiger partial charge in [-0.25, -0.2) is 4.98 Å². The summed E-state index contributed by atoms with van der Waals surface area (Å²) in [5, 5.41) is 13.3. The van der Waals surface area contributed by atoms with E-state index >= 15 is 0 Å². The third kappa shape index (κ3) is 3.36. The Balaban J connectivity index is 1.88. The van der Waals surface area contributed by atoms with Gasteiger partial charge in [0.15, 0.2) is 5.69 Å². The van der Waals surface area contributed by atoms with E-state index in [1.54, 1.807) is 11.0 Å². The SMILES string of the molecule is Cc1cnn(C)c1C1CCN(c2cc(Cl)nc(C(F)(F)F)c2C#N)CC1. The Morgan fingerprint density at radius 2 is 1.96 bits per heavy atom. The molecule has 2 aromatic rings. The number of aromatic nitrogens is 3. The van der Waals surface area contributed by atoms with Crippen LogP contribution in [0.2, 0.25) is 5.15 Å². The van der Waals surface area contributed by atoms with Gasteiger partial charge in [-0.15, -0.1) is 0 Å². The van der Waals surface area contributed by atoms with Crippen LogP contribution in [0.3, 0.4) is 0 Å². The summed E-state index contributed by atoms with van der Waals surface area (Å²) in [6, 6.07) is 2.99. The van der Waals surface area contributed by atoms with Crippen LogP contribution in [0.5, 0.6) is 0 Å². The molecule has 0 spiro atoms. The maximum Gasteiger partial charge on any atom is 0.434 e. The fourth-order valence-electron chi connectivity index (χ4n) is 3.60. The Morgan fingerprint density at radius 1 is 1.31 bits per heavy atom. The van der Waals surface area contributed by atoms with Crippen molar-refractivity contribution in [2.24, 2.45) is 7.05 Å². The zero-order valence-corrected chi connectivity index (χ0v) is 15.1. The third-order valence-corrected chi connectivity index (χ3v) is 4.94. The van der Waals surface area contributed by atoms with Crippen molar-refractivity contribution in [3.63, 3.8) is 0 Å². The Hall–Kier alpha value is -2.27. The fourth-order valence-corrected chi connectivity index (χ4v) is 3.79. The second kappa shape index (κ2) is 6.80. The van der Waals surface area contributed by atoms with E-state index in [2.05, 4.69) is 10.1 Å². The van der Waals surface area contributed by atoms with Crippen LogP contribution in [0.25, 0.3) is 0 Å². The molecule has 0 N–H and O–H groups in total. The van der Waals surface area contributed by atoms with Crippen LogP contribution in [-0.2, 0) is 13.2 Å². The van der Waals surface area contributed by atoms with Gasteiger partial charge in [0.2, 0.25) is 0 Å². The molecule has 0 bridgehead atoms. The lowest BCUT2D eigenvalue weighted by Gasteiger charge is -2.34. The lowest BCUT2D eigenvalue weighted by atomic mass is 9.91. The predicted molar refractivity (Wildman–Crippen MR) is 91.1 cm³/mol. The Labute approximate surface area is 154 Å². The number of rotatable bonds is 2. The highest BCUT2D eigenvalue weighted by Gasteiger charge is 2.38. The highest BCUT2D eigenvalue weighted by Crippen LogP contribution is 2.38. The van der Waals surface area contributed by atoms with Crippen LogP contribution >= 0.6 is 11.6 Å². The number of piperidine rings is 1. The maximum atomic E-state index is 13.2. The first-order valence-corrected chi connectivity index (χ1v) is 8.51. The molecule has 3 heterocycles. The van der Waals surface area contributed by atoms with Crippen molar-refractivity contribution >= 4 is 17.3 Å². The lowest BCUT2D eigenvalue weighted by molar-refractivity contribution is -0.141. The van der Waals surface area contributed by atoms with Gasteiger partial charge in [-0.1, -0.05) is 11.6 Å². The zero-order chi connectivity index (χ0) is 19.1. The number of hydrogen-bond acceptors (Lipinski definition) is 4. The molecule has 0 saturated carbocycles. The maximum absolute atomic E-state index is 13.2. The van der Waals surface area contributed by atoms with Gasteiger partial charge in [0.05, 0.1) is 11.9 Å². The molecule has 1 fully saturated rings. The van der Waals surface area contributed by atoms with Crippen LogP contribution in [0.1, 0.15) is 41.3 Å². The summed E-state index contributed by atoms with van der Waals surface area (Å²) in [6.45, 7) is 3.06. The van der Waals surface area contributed by atoms with Gasteiger partial charge in [-0.2, -0.15) is 23.5 Å². The smallest absolute Gasteiger partial charge is 0.370 e. The number of nitriles is 1. The van der Waals surface area contributed by atoms with E-state index in [4.69, 9.17) is 11.6 Å². The number of halogens is 4. The van der Waals surface area contributed by atoms with Crippen LogP contribution in [0.4, 0.5) is 18.9 Å². The van der Waals surface area contributed by atoms with Crippen molar-refractivity contribution in [2.75, 3.05) is 18.0 Å². The molecule has 1 aliphatic heterocycles. The van der Waals surface area contributed by atoms with Crippen molar-refractivity contribution < 1.29 is 13.2 Å².